The van der Waals surface area contributed by atoms with Crippen LogP contribution >= 0.6 is 0 Å². The number of likely N-dealkylation sites (tertiary alicyclic amines) is 1. The van der Waals surface area contributed by atoms with Crippen LogP contribution in [-0.4, -0.2) is 66.8 Å². The van der Waals surface area contributed by atoms with E-state index in [0.29, 0.717) is 24.7 Å². The van der Waals surface area contributed by atoms with Crippen molar-refractivity contribution in [3.8, 4) is 0 Å². The summed E-state index contributed by atoms with van der Waals surface area (Å²) in [5, 5.41) is 0. The lowest BCUT2D eigenvalue weighted by Crippen LogP contribution is -2.56. The zero-order valence-corrected chi connectivity index (χ0v) is 17.1. The molecule has 29 heavy (non-hydrogen) atoms. The third-order valence-corrected chi connectivity index (χ3v) is 6.20. The van der Waals surface area contributed by atoms with E-state index in [1.54, 1.807) is 29.2 Å². The van der Waals surface area contributed by atoms with Gasteiger partial charge in [-0.3, -0.25) is 14.5 Å². The number of benzene rings is 2. The number of carbonyl (C=O) groups excluding carboxylic acids is 2. The van der Waals surface area contributed by atoms with Gasteiger partial charge in [0.25, 0.3) is 5.91 Å². The standard InChI is InChI=1S/C24H29N3O2/c1-19-8-5-6-12-22(19)26-16-14-25(15-17-26)21-11-7-13-27(18-21)24(29)23(28)20-9-3-2-4-10-20/h2-6,8-10,12,21H,7,11,13-18H2,1H3/t21-/m1/s1. The highest BCUT2D eigenvalue weighted by Crippen LogP contribution is 2.23. The number of ketones is 1. The van der Waals surface area contributed by atoms with E-state index < -0.39 is 5.78 Å². The van der Waals surface area contributed by atoms with Crippen molar-refractivity contribution in [2.24, 2.45) is 0 Å². The summed E-state index contributed by atoms with van der Waals surface area (Å²) in [4.78, 5) is 32.0. The number of hydrogen-bond donors (Lipinski definition) is 0. The molecule has 0 aromatic heterocycles. The number of rotatable bonds is 4. The highest BCUT2D eigenvalue weighted by Gasteiger charge is 2.32. The molecule has 2 heterocycles. The molecule has 2 aliphatic rings. The number of anilines is 1. The minimum Gasteiger partial charge on any atom is -0.369 e. The molecule has 0 saturated carbocycles. The molecule has 5 nitrogen and oxygen atoms in total. The number of Topliss-reactive ketones (excluding diaryl/α,β-unsaturated/α-hetero) is 1. The van der Waals surface area contributed by atoms with Crippen molar-refractivity contribution < 1.29 is 9.59 Å². The minimum atomic E-state index is -0.393. The van der Waals surface area contributed by atoms with E-state index in [9.17, 15) is 9.59 Å². The molecule has 2 aliphatic heterocycles. The Morgan fingerprint density at radius 3 is 2.28 bits per heavy atom. The molecule has 4 rings (SSSR count). The molecule has 2 aromatic carbocycles. The van der Waals surface area contributed by atoms with Crippen LogP contribution in [0, 0.1) is 6.92 Å². The Balaban J connectivity index is 1.35. The van der Waals surface area contributed by atoms with Crippen LogP contribution in [0.3, 0.4) is 0 Å². The molecule has 0 unspecified atom stereocenters. The van der Waals surface area contributed by atoms with Gasteiger partial charge in [0.1, 0.15) is 0 Å². The highest BCUT2D eigenvalue weighted by atomic mass is 16.2. The molecule has 2 aromatic rings. The van der Waals surface area contributed by atoms with Gasteiger partial charge in [-0.25, -0.2) is 0 Å². The second-order valence-corrected chi connectivity index (χ2v) is 8.05. The number of nitrogens with zero attached hydrogens (tertiary/aromatic N) is 3. The molecule has 0 bridgehead atoms. The molecule has 1 amide bonds. The first-order valence-electron chi connectivity index (χ1n) is 10.6. The Labute approximate surface area is 172 Å². The number of piperazine rings is 1. The van der Waals surface area contributed by atoms with Crippen LogP contribution in [0.5, 0.6) is 0 Å². The van der Waals surface area contributed by atoms with Gasteiger partial charge < -0.3 is 9.80 Å². The largest absolute Gasteiger partial charge is 0.369 e. The summed E-state index contributed by atoms with van der Waals surface area (Å²) in [5.41, 5.74) is 3.11. The minimum absolute atomic E-state index is 0.343. The maximum Gasteiger partial charge on any atom is 0.295 e. The molecular formula is C24H29N3O2. The molecular weight excluding hydrogens is 362 g/mol. The zero-order chi connectivity index (χ0) is 20.2. The molecule has 0 aliphatic carbocycles. The third kappa shape index (κ3) is 4.35. The van der Waals surface area contributed by atoms with Gasteiger partial charge in [0.15, 0.2) is 0 Å². The number of aryl methyl sites for hydroxylation is 1. The lowest BCUT2D eigenvalue weighted by molar-refractivity contribution is -0.128. The van der Waals surface area contributed by atoms with E-state index in [-0.39, 0.29) is 5.91 Å². The molecule has 5 heteroatoms. The van der Waals surface area contributed by atoms with Crippen LogP contribution < -0.4 is 4.90 Å². The predicted octanol–water partition coefficient (Wildman–Crippen LogP) is 2.99. The summed E-state index contributed by atoms with van der Waals surface area (Å²) in [6.07, 6.45) is 2.05. The Morgan fingerprint density at radius 1 is 0.862 bits per heavy atom. The Bertz CT molecular complexity index is 859. The van der Waals surface area contributed by atoms with E-state index in [2.05, 4.69) is 41.0 Å². The monoisotopic (exact) mass is 391 g/mol. The van der Waals surface area contributed by atoms with Crippen LogP contribution in [0.15, 0.2) is 54.6 Å². The molecule has 152 valence electrons. The number of hydrogen-bond acceptors (Lipinski definition) is 4. The maximum atomic E-state index is 12.8. The van der Waals surface area contributed by atoms with Crippen LogP contribution in [0.4, 0.5) is 5.69 Å². The van der Waals surface area contributed by atoms with E-state index in [1.165, 1.54) is 11.3 Å². The number of amides is 1. The Kier molecular flexibility index (Phi) is 5.95. The lowest BCUT2D eigenvalue weighted by Gasteiger charge is -2.44. The summed E-state index contributed by atoms with van der Waals surface area (Å²) in [6.45, 7) is 7.48. The number of para-hydroxylation sites is 1. The summed E-state index contributed by atoms with van der Waals surface area (Å²) >= 11 is 0. The van der Waals surface area contributed by atoms with Crippen LogP contribution in [0.2, 0.25) is 0 Å². The fourth-order valence-electron chi connectivity index (χ4n) is 4.54. The normalized spacial score (nSPS) is 20.5. The fourth-order valence-corrected chi connectivity index (χ4v) is 4.54. The van der Waals surface area contributed by atoms with Crippen molar-refractivity contribution in [1.29, 1.82) is 0 Å². The van der Waals surface area contributed by atoms with Crippen molar-refractivity contribution in [2.75, 3.05) is 44.2 Å². The van der Waals surface area contributed by atoms with E-state index in [0.717, 1.165) is 39.0 Å². The van der Waals surface area contributed by atoms with Gasteiger partial charge in [-0.2, -0.15) is 0 Å². The SMILES string of the molecule is Cc1ccccc1N1CCN([C@@H]2CCCN(C(=O)C(=O)c3ccccc3)C2)CC1. The molecule has 2 saturated heterocycles. The molecule has 2 fully saturated rings. The van der Waals surface area contributed by atoms with Gasteiger partial charge in [-0.15, -0.1) is 0 Å². The van der Waals surface area contributed by atoms with Crippen molar-refractivity contribution in [2.45, 2.75) is 25.8 Å². The lowest BCUT2D eigenvalue weighted by atomic mass is 10.0. The Morgan fingerprint density at radius 2 is 1.55 bits per heavy atom. The van der Waals surface area contributed by atoms with Crippen LogP contribution in [-0.2, 0) is 4.79 Å². The molecule has 1 atom stereocenters. The van der Waals surface area contributed by atoms with Crippen molar-refractivity contribution in [3.63, 3.8) is 0 Å². The summed E-state index contributed by atoms with van der Waals surface area (Å²) in [6, 6.07) is 17.8. The van der Waals surface area contributed by atoms with Gasteiger partial charge in [0.05, 0.1) is 0 Å². The average molecular weight is 392 g/mol. The first-order chi connectivity index (χ1) is 14.1. The zero-order valence-electron chi connectivity index (χ0n) is 17.1. The topological polar surface area (TPSA) is 43.9 Å². The number of piperidine rings is 1. The van der Waals surface area contributed by atoms with Gasteiger partial charge >= 0.3 is 0 Å². The van der Waals surface area contributed by atoms with E-state index in [4.69, 9.17) is 0 Å². The molecule has 0 spiro atoms. The molecule has 0 radical (unpaired) electrons. The highest BCUT2D eigenvalue weighted by molar-refractivity contribution is 6.42. The van der Waals surface area contributed by atoms with Crippen molar-refractivity contribution in [3.05, 3.63) is 65.7 Å². The van der Waals surface area contributed by atoms with Gasteiger partial charge in [0.2, 0.25) is 5.78 Å². The van der Waals surface area contributed by atoms with Crippen LogP contribution in [0.25, 0.3) is 0 Å². The van der Waals surface area contributed by atoms with Crippen molar-refractivity contribution >= 4 is 17.4 Å². The first kappa shape index (κ1) is 19.6. The molecule has 0 N–H and O–H groups in total. The van der Waals surface area contributed by atoms with Gasteiger partial charge in [-0.05, 0) is 31.4 Å². The second-order valence-electron chi connectivity index (χ2n) is 8.05. The van der Waals surface area contributed by atoms with Gasteiger partial charge in [0, 0.05) is 56.6 Å². The second kappa shape index (κ2) is 8.78. The summed E-state index contributed by atoms with van der Waals surface area (Å²) in [5.74, 6) is -0.755. The Hall–Kier alpha value is -2.66. The van der Waals surface area contributed by atoms with E-state index in [1.807, 2.05) is 6.07 Å². The average Bonchev–Trinajstić information content (AvgIpc) is 2.79. The summed E-state index contributed by atoms with van der Waals surface area (Å²) < 4.78 is 0. The smallest absolute Gasteiger partial charge is 0.295 e. The quantitative estimate of drug-likeness (QED) is 0.594. The first-order valence-corrected chi connectivity index (χ1v) is 10.6. The van der Waals surface area contributed by atoms with Crippen LogP contribution in [0.1, 0.15) is 28.8 Å². The predicted molar refractivity (Wildman–Crippen MR) is 115 cm³/mol. The van der Waals surface area contributed by atoms with Crippen molar-refractivity contribution in [1.82, 2.24) is 9.80 Å². The van der Waals surface area contributed by atoms with E-state index >= 15 is 0 Å². The summed E-state index contributed by atoms with van der Waals surface area (Å²) in [7, 11) is 0. The maximum absolute atomic E-state index is 12.8. The fraction of sp³-hybridized carbons (Fsp3) is 0.417. The third-order valence-electron chi connectivity index (χ3n) is 6.20. The van der Waals surface area contributed by atoms with Gasteiger partial charge in [-0.1, -0.05) is 48.5 Å². The number of carbonyl (C=O) groups is 2.